The van der Waals surface area contributed by atoms with Crippen molar-refractivity contribution >= 4 is 33.5 Å². The second-order valence-corrected chi connectivity index (χ2v) is 8.87. The highest BCUT2D eigenvalue weighted by molar-refractivity contribution is 6.28. The molecule has 7 rings (SSSR count). The Bertz CT molecular complexity index is 2290. The monoisotopic (exact) mass is 516 g/mol. The molecule has 0 radical (unpaired) electrons. The van der Waals surface area contributed by atoms with Crippen LogP contribution >= 0.6 is 11.6 Å². The molecule has 0 saturated carbocycles. The average molecular weight is 517 g/mol. The molecular weight excluding hydrogens is 490 g/mol. The molecule has 0 atom stereocenters. The highest BCUT2D eigenvalue weighted by Gasteiger charge is 2.13. The van der Waals surface area contributed by atoms with E-state index in [0.717, 1.165) is 22.3 Å². The summed E-state index contributed by atoms with van der Waals surface area (Å²) < 4.78 is 64.7. The molecule has 5 heteroatoms. The van der Waals surface area contributed by atoms with E-state index in [2.05, 4.69) is 51.4 Å². The molecule has 0 aliphatic rings. The molecular formula is C33H20ClN3O. The highest BCUT2D eigenvalue weighted by atomic mass is 35.5. The summed E-state index contributed by atoms with van der Waals surface area (Å²) in [6, 6.07) is 22.9. The second kappa shape index (κ2) is 9.25. The molecule has 0 N–H and O–H groups in total. The molecule has 4 nitrogen and oxygen atoms in total. The SMILES string of the molecule is [2H]c1c([2H])c([2H])c2c(oc3c([2H])c(-c4nc(Cl)nc(-c5ccc(-c6ccc(-c7ccccc7)cc6)cc5)n4)c([2H])c([2H])c32)c1[2H]. The van der Waals surface area contributed by atoms with Gasteiger partial charge in [-0.15, -0.1) is 0 Å². The Kier molecular flexibility index (Phi) is 3.93. The van der Waals surface area contributed by atoms with Gasteiger partial charge in [0, 0.05) is 21.9 Å². The van der Waals surface area contributed by atoms with Crippen molar-refractivity contribution in [3.8, 4) is 45.0 Å². The number of hydrogen-bond acceptors (Lipinski definition) is 4. The number of fused-ring (bicyclic) bond motifs is 3. The molecule has 180 valence electrons. The summed E-state index contributed by atoms with van der Waals surface area (Å²) in [5, 5.41) is -0.285. The molecule has 2 aromatic heterocycles. The van der Waals surface area contributed by atoms with E-state index >= 15 is 0 Å². The van der Waals surface area contributed by atoms with E-state index in [1.54, 1.807) is 0 Å². The van der Waals surface area contributed by atoms with E-state index in [-0.39, 0.29) is 56.5 Å². The Morgan fingerprint density at radius 3 is 1.76 bits per heavy atom. The highest BCUT2D eigenvalue weighted by Crippen LogP contribution is 2.32. The maximum atomic E-state index is 8.88. The number of para-hydroxylation sites is 1. The van der Waals surface area contributed by atoms with Gasteiger partial charge in [0.15, 0.2) is 11.6 Å². The van der Waals surface area contributed by atoms with E-state index in [1.807, 2.05) is 42.5 Å². The molecule has 0 fully saturated rings. The topological polar surface area (TPSA) is 51.8 Å². The van der Waals surface area contributed by atoms with Crippen molar-refractivity contribution in [1.29, 1.82) is 0 Å². The first-order valence-corrected chi connectivity index (χ1v) is 12.1. The van der Waals surface area contributed by atoms with Crippen LogP contribution in [0.2, 0.25) is 5.28 Å². The van der Waals surface area contributed by atoms with Gasteiger partial charge in [-0.3, -0.25) is 0 Å². The zero-order valence-electron chi connectivity index (χ0n) is 26.6. The number of aromatic nitrogens is 3. The van der Waals surface area contributed by atoms with Gasteiger partial charge < -0.3 is 4.42 Å². The number of halogens is 1. The van der Waals surface area contributed by atoms with Crippen LogP contribution in [0.4, 0.5) is 0 Å². The van der Waals surface area contributed by atoms with Crippen molar-refractivity contribution in [2.24, 2.45) is 0 Å². The van der Waals surface area contributed by atoms with E-state index in [9.17, 15) is 0 Å². The van der Waals surface area contributed by atoms with Crippen LogP contribution < -0.4 is 0 Å². The summed E-state index contributed by atoms with van der Waals surface area (Å²) in [7, 11) is 0. The Morgan fingerprint density at radius 1 is 0.526 bits per heavy atom. The molecule has 0 amide bonds. The van der Waals surface area contributed by atoms with Gasteiger partial charge in [0.2, 0.25) is 5.28 Å². The van der Waals surface area contributed by atoms with Gasteiger partial charge in [-0.1, -0.05) is 103 Å². The fraction of sp³-hybridized carbons (Fsp3) is 0. The van der Waals surface area contributed by atoms with Crippen molar-refractivity contribution in [2.45, 2.75) is 0 Å². The lowest BCUT2D eigenvalue weighted by Crippen LogP contribution is -1.97. The Balaban J connectivity index is 1.29. The summed E-state index contributed by atoms with van der Waals surface area (Å²) >= 11 is 6.30. The Morgan fingerprint density at radius 2 is 1.08 bits per heavy atom. The van der Waals surface area contributed by atoms with E-state index < -0.39 is 30.2 Å². The molecule has 0 unspecified atom stereocenters. The normalized spacial score (nSPS) is 13.9. The van der Waals surface area contributed by atoms with Crippen molar-refractivity contribution < 1.29 is 14.0 Å². The molecule has 5 aromatic carbocycles. The number of benzene rings is 5. The molecule has 0 bridgehead atoms. The molecule has 2 heterocycles. The average Bonchev–Trinajstić information content (AvgIpc) is 3.47. The standard InChI is InChI=1S/C33H20ClN3O/c34-33-36-31(35-32(37-33)26-18-19-28-27-8-4-5-9-29(27)38-30(28)20-26)25-16-14-24(15-17-25)23-12-10-22(11-13-23)21-6-2-1-3-7-21/h1-20H/i4D,5D,8D,9D,18D,19D,20D. The summed E-state index contributed by atoms with van der Waals surface area (Å²) in [6.45, 7) is 0. The number of hydrogen-bond donors (Lipinski definition) is 0. The molecule has 0 aliphatic carbocycles. The predicted molar refractivity (Wildman–Crippen MR) is 154 cm³/mol. The van der Waals surface area contributed by atoms with Gasteiger partial charge in [-0.05, 0) is 52.0 Å². The maximum absolute atomic E-state index is 8.88. The van der Waals surface area contributed by atoms with Gasteiger partial charge in [0.05, 0.1) is 9.60 Å². The van der Waals surface area contributed by atoms with Crippen LogP contribution in [-0.4, -0.2) is 15.0 Å². The largest absolute Gasteiger partial charge is 0.456 e. The summed E-state index contributed by atoms with van der Waals surface area (Å²) in [5.41, 5.74) is 4.36. The van der Waals surface area contributed by atoms with Crippen LogP contribution in [0.5, 0.6) is 0 Å². The minimum Gasteiger partial charge on any atom is -0.456 e. The van der Waals surface area contributed by atoms with Gasteiger partial charge in [0.1, 0.15) is 11.2 Å². The minimum atomic E-state index is -0.500. The van der Waals surface area contributed by atoms with Crippen LogP contribution in [0.25, 0.3) is 67.0 Å². The molecule has 0 spiro atoms. The van der Waals surface area contributed by atoms with Gasteiger partial charge in [0.25, 0.3) is 0 Å². The first kappa shape index (κ1) is 16.1. The van der Waals surface area contributed by atoms with Crippen LogP contribution in [0.3, 0.4) is 0 Å². The lowest BCUT2D eigenvalue weighted by atomic mass is 9.99. The third-order valence-corrected chi connectivity index (χ3v) is 6.35. The zero-order valence-corrected chi connectivity index (χ0v) is 20.4. The Hall–Kier alpha value is -4.80. The van der Waals surface area contributed by atoms with Gasteiger partial charge in [-0.2, -0.15) is 9.97 Å². The van der Waals surface area contributed by atoms with Gasteiger partial charge >= 0.3 is 0 Å². The molecule has 7 aromatic rings. The molecule has 0 saturated heterocycles. The van der Waals surface area contributed by atoms with Crippen molar-refractivity contribution in [1.82, 2.24) is 15.0 Å². The molecule has 0 aliphatic heterocycles. The third-order valence-electron chi connectivity index (χ3n) is 6.19. The van der Waals surface area contributed by atoms with E-state index in [1.165, 1.54) is 0 Å². The fourth-order valence-electron chi connectivity index (χ4n) is 4.30. The quantitative estimate of drug-likeness (QED) is 0.234. The zero-order chi connectivity index (χ0) is 31.6. The third kappa shape index (κ3) is 4.11. The first-order chi connectivity index (χ1) is 21.6. The first-order valence-electron chi connectivity index (χ1n) is 15.2. The van der Waals surface area contributed by atoms with E-state index in [0.29, 0.717) is 5.56 Å². The maximum Gasteiger partial charge on any atom is 0.226 e. The van der Waals surface area contributed by atoms with Gasteiger partial charge in [-0.25, -0.2) is 4.98 Å². The summed E-state index contributed by atoms with van der Waals surface area (Å²) in [6.07, 6.45) is 0. The summed E-state index contributed by atoms with van der Waals surface area (Å²) in [5.74, 6) is 0.0848. The predicted octanol–water partition coefficient (Wildman–Crippen LogP) is 9.09. The smallest absolute Gasteiger partial charge is 0.226 e. The number of nitrogens with zero attached hydrogens (tertiary/aromatic N) is 3. The minimum absolute atomic E-state index is 0.0523. The van der Waals surface area contributed by atoms with Crippen LogP contribution in [0.1, 0.15) is 9.60 Å². The van der Waals surface area contributed by atoms with E-state index in [4.69, 9.17) is 25.6 Å². The van der Waals surface area contributed by atoms with Crippen molar-refractivity contribution in [3.05, 3.63) is 126 Å². The lowest BCUT2D eigenvalue weighted by molar-refractivity contribution is 0.669. The molecule has 38 heavy (non-hydrogen) atoms. The number of furan rings is 1. The van der Waals surface area contributed by atoms with Crippen LogP contribution in [-0.2, 0) is 0 Å². The Labute approximate surface area is 234 Å². The fourth-order valence-corrected chi connectivity index (χ4v) is 4.46. The van der Waals surface area contributed by atoms with Crippen molar-refractivity contribution in [3.63, 3.8) is 0 Å². The van der Waals surface area contributed by atoms with Crippen LogP contribution in [0.15, 0.2) is 126 Å². The summed E-state index contributed by atoms with van der Waals surface area (Å²) in [4.78, 5) is 12.9. The van der Waals surface area contributed by atoms with Crippen LogP contribution in [0, 0.1) is 0 Å². The van der Waals surface area contributed by atoms with Crippen molar-refractivity contribution in [2.75, 3.05) is 0 Å². The number of rotatable bonds is 4. The second-order valence-electron chi connectivity index (χ2n) is 8.53. The lowest BCUT2D eigenvalue weighted by Gasteiger charge is -2.07.